The first kappa shape index (κ1) is 25.5. The standard InChI is InChI=1S/C12H22NO.C5H10.ClH.Fe.Hg/c1-9(2)13(10(3)4)12(14)11-7-5-6-8-11;1-2-4-5-3-1;;;/h7,9-11H,5-6,8H2,1-4H3;1-5H2;1H;;/q-1;;;2*+2/p-1. The zero-order valence-electron chi connectivity index (χ0n) is 14.8. The fourth-order valence-corrected chi connectivity index (χ4v) is 3.18. The van der Waals surface area contributed by atoms with Crippen LogP contribution < -0.4 is 0 Å². The van der Waals surface area contributed by atoms with Crippen molar-refractivity contribution in [2.45, 2.75) is 91.1 Å². The maximum absolute atomic E-state index is 12.1. The Morgan fingerprint density at radius 3 is 1.68 bits per heavy atom. The van der Waals surface area contributed by atoms with Crippen LogP contribution in [0.1, 0.15) is 79.1 Å². The summed E-state index contributed by atoms with van der Waals surface area (Å²) in [5.74, 6) is 0.521. The van der Waals surface area contributed by atoms with E-state index in [9.17, 15) is 4.79 Å². The van der Waals surface area contributed by atoms with Crippen molar-refractivity contribution in [3.8, 4) is 0 Å². The van der Waals surface area contributed by atoms with Gasteiger partial charge in [-0.05, 0) is 27.7 Å². The molecule has 0 aromatic carbocycles. The molecule has 0 N–H and O–H groups in total. The van der Waals surface area contributed by atoms with E-state index in [2.05, 4.69) is 34.1 Å². The molecule has 0 saturated heterocycles. The molecule has 0 aliphatic heterocycles. The quantitative estimate of drug-likeness (QED) is 0.342. The minimum Gasteiger partial charge on any atom is 2.00 e. The molecule has 0 bridgehead atoms. The van der Waals surface area contributed by atoms with Gasteiger partial charge in [0.2, 0.25) is 0 Å². The molecule has 22 heavy (non-hydrogen) atoms. The molecule has 2 fully saturated rings. The summed E-state index contributed by atoms with van der Waals surface area (Å²) in [6.45, 7) is 8.36. The van der Waals surface area contributed by atoms with Gasteiger partial charge in [-0.1, -0.05) is 50.9 Å². The second-order valence-corrected chi connectivity index (χ2v) is 6.47. The van der Waals surface area contributed by atoms with Crippen molar-refractivity contribution < 1.29 is 46.8 Å². The number of amides is 1. The summed E-state index contributed by atoms with van der Waals surface area (Å²) in [6.07, 6.45) is 13.0. The van der Waals surface area contributed by atoms with Crippen LogP contribution >= 0.6 is 8.25 Å². The smallest absolute Gasteiger partial charge is 2.00 e. The van der Waals surface area contributed by atoms with Crippen LogP contribution in [0.2, 0.25) is 0 Å². The summed E-state index contributed by atoms with van der Waals surface area (Å²) in [5.41, 5.74) is 0. The zero-order chi connectivity index (χ0) is 16.3. The SMILES string of the molecule is C1CCCC1.CC(C)N(C(=O)C1[CH-]CCC1)C(C)C.[Cl][Hg+].[Fe+2]. The van der Waals surface area contributed by atoms with Gasteiger partial charge in [-0.25, -0.2) is 0 Å². The largest absolute Gasteiger partial charge is 2.00 e. The van der Waals surface area contributed by atoms with Crippen molar-refractivity contribution in [2.24, 2.45) is 5.92 Å². The Kier molecular flexibility index (Phi) is 18.2. The Hall–Kier alpha value is 1.21. The molecule has 2 saturated carbocycles. The Labute approximate surface area is 168 Å². The van der Waals surface area contributed by atoms with Gasteiger partial charge in [-0.2, -0.15) is 6.42 Å². The van der Waals surface area contributed by atoms with E-state index in [0.29, 0.717) is 42.9 Å². The summed E-state index contributed by atoms with van der Waals surface area (Å²) in [6, 6.07) is 0.632. The van der Waals surface area contributed by atoms with E-state index in [-0.39, 0.29) is 23.0 Å². The van der Waals surface area contributed by atoms with Crippen LogP contribution in [0, 0.1) is 12.3 Å². The van der Waals surface area contributed by atoms with Crippen molar-refractivity contribution in [3.63, 3.8) is 0 Å². The number of rotatable bonds is 3. The number of carbonyl (C=O) groups excluding carboxylic acids is 1. The average Bonchev–Trinajstić information content (AvgIpc) is 3.16. The van der Waals surface area contributed by atoms with Crippen LogP contribution in [0.25, 0.3) is 0 Å². The van der Waals surface area contributed by atoms with Crippen LogP contribution in [0.15, 0.2) is 0 Å². The molecule has 2 rings (SSSR count). The Balaban J connectivity index is 0. The van der Waals surface area contributed by atoms with Crippen LogP contribution in [-0.4, -0.2) is 22.9 Å². The van der Waals surface area contributed by atoms with Gasteiger partial charge < -0.3 is 11.3 Å². The van der Waals surface area contributed by atoms with E-state index in [1.807, 2.05) is 4.90 Å². The van der Waals surface area contributed by atoms with E-state index in [1.54, 1.807) is 0 Å². The molecule has 2 aliphatic rings. The van der Waals surface area contributed by atoms with Gasteiger partial charge in [0.1, 0.15) is 0 Å². The van der Waals surface area contributed by atoms with Crippen molar-refractivity contribution in [2.75, 3.05) is 0 Å². The van der Waals surface area contributed by atoms with E-state index in [0.717, 1.165) is 12.8 Å². The number of halogens is 1. The van der Waals surface area contributed by atoms with Gasteiger partial charge in [-0.15, -0.1) is 0 Å². The Morgan fingerprint density at radius 2 is 1.41 bits per heavy atom. The zero-order valence-corrected chi connectivity index (χ0v) is 22.1. The van der Waals surface area contributed by atoms with E-state index in [1.165, 1.54) is 38.5 Å². The van der Waals surface area contributed by atoms with E-state index >= 15 is 0 Å². The van der Waals surface area contributed by atoms with Crippen LogP contribution in [0.3, 0.4) is 0 Å². The first-order valence-electron chi connectivity index (χ1n) is 8.46. The van der Waals surface area contributed by atoms with Crippen molar-refractivity contribution >= 4 is 14.2 Å². The molecule has 1 amide bonds. The van der Waals surface area contributed by atoms with Crippen LogP contribution in [0.5, 0.6) is 0 Å². The number of hydrogen-bond acceptors (Lipinski definition) is 1. The molecule has 0 spiro atoms. The average molecular weight is 558 g/mol. The first-order valence-corrected chi connectivity index (χ1v) is 15.2. The maximum Gasteiger partial charge on any atom is 2.00 e. The van der Waals surface area contributed by atoms with Gasteiger partial charge >= 0.3 is 50.2 Å². The molecule has 2 aliphatic carbocycles. The Morgan fingerprint density at radius 1 is 1.00 bits per heavy atom. The Bertz CT molecular complexity index is 252. The van der Waals surface area contributed by atoms with Gasteiger partial charge in [-0.3, -0.25) is 4.79 Å². The number of carbonyl (C=O) groups is 1. The minimum absolute atomic E-state index is 0. The van der Waals surface area contributed by atoms with Gasteiger partial charge in [0.05, 0.1) is 0 Å². The molecule has 126 valence electrons. The van der Waals surface area contributed by atoms with Gasteiger partial charge in [0.25, 0.3) is 0 Å². The predicted octanol–water partition coefficient (Wildman–Crippen LogP) is 5.27. The number of nitrogens with zero attached hydrogens (tertiary/aromatic N) is 1. The number of hydrogen-bond donors (Lipinski definition) is 0. The topological polar surface area (TPSA) is 20.3 Å². The normalized spacial score (nSPS) is 19.8. The van der Waals surface area contributed by atoms with Crippen LogP contribution in [-0.2, 0) is 46.8 Å². The summed E-state index contributed by atoms with van der Waals surface area (Å²) < 4.78 is 0. The summed E-state index contributed by atoms with van der Waals surface area (Å²) in [5, 5.41) is 0. The predicted molar refractivity (Wildman–Crippen MR) is 87.7 cm³/mol. The third-order valence-corrected chi connectivity index (χ3v) is 4.10. The third-order valence-electron chi connectivity index (χ3n) is 4.10. The summed E-state index contributed by atoms with van der Waals surface area (Å²) >= 11 is 0.500. The van der Waals surface area contributed by atoms with E-state index in [4.69, 9.17) is 8.25 Å². The minimum atomic E-state index is 0. The van der Waals surface area contributed by atoms with Crippen molar-refractivity contribution in [1.82, 2.24) is 4.90 Å². The molecule has 0 aromatic heterocycles. The van der Waals surface area contributed by atoms with Crippen LogP contribution in [0.4, 0.5) is 0 Å². The van der Waals surface area contributed by atoms with Crippen molar-refractivity contribution in [3.05, 3.63) is 6.42 Å². The first-order chi connectivity index (χ1) is 10.0. The molecular weight excluding hydrogens is 526 g/mol. The molecule has 1 atom stereocenters. The second kappa shape index (κ2) is 15.7. The van der Waals surface area contributed by atoms with Gasteiger partial charge in [0.15, 0.2) is 5.91 Å². The fourth-order valence-electron chi connectivity index (χ4n) is 3.18. The second-order valence-electron chi connectivity index (χ2n) is 6.47. The molecule has 0 heterocycles. The fraction of sp³-hybridized carbons (Fsp3) is 0.882. The third kappa shape index (κ3) is 10.2. The molecule has 5 heteroatoms. The molecule has 0 aromatic rings. The van der Waals surface area contributed by atoms with Crippen molar-refractivity contribution in [1.29, 1.82) is 0 Å². The summed E-state index contributed by atoms with van der Waals surface area (Å²) in [7, 11) is 4.83. The molecule has 2 nitrogen and oxygen atoms in total. The molecular formula is C17H32ClFeHgNO+2. The van der Waals surface area contributed by atoms with Gasteiger partial charge in [0, 0.05) is 12.1 Å². The monoisotopic (exact) mass is 559 g/mol. The maximum atomic E-state index is 12.1. The molecule has 0 radical (unpaired) electrons. The molecule has 1 unspecified atom stereocenters. The van der Waals surface area contributed by atoms with E-state index < -0.39 is 0 Å². The summed E-state index contributed by atoms with van der Waals surface area (Å²) in [4.78, 5) is 14.1.